The second-order valence-corrected chi connectivity index (χ2v) is 8.50. The molecule has 144 valence electrons. The smallest absolute Gasteiger partial charge is 0.465 e. The molecule has 9 nitrogen and oxygen atoms in total. The van der Waals surface area contributed by atoms with E-state index < -0.39 is 41.8 Å². The number of nitrogens with zero attached hydrogens (tertiary/aromatic N) is 1. The van der Waals surface area contributed by atoms with Crippen molar-refractivity contribution in [1.29, 1.82) is 0 Å². The first-order chi connectivity index (χ1) is 12.6. The van der Waals surface area contributed by atoms with Crippen molar-refractivity contribution in [3.05, 3.63) is 63.8 Å². The van der Waals surface area contributed by atoms with E-state index in [2.05, 4.69) is 13.6 Å². The van der Waals surface area contributed by atoms with Crippen LogP contribution in [0, 0.1) is 0 Å². The molecule has 12 heteroatoms. The molecule has 0 unspecified atom stereocenters. The summed E-state index contributed by atoms with van der Waals surface area (Å²) >= 11 is 0. The number of carbonyl (C=O) groups is 2. The second-order valence-electron chi connectivity index (χ2n) is 5.06. The topological polar surface area (TPSA) is 135 Å². The zero-order chi connectivity index (χ0) is 20.2. The Morgan fingerprint density at radius 1 is 0.679 bits per heavy atom. The van der Waals surface area contributed by atoms with Gasteiger partial charge >= 0.3 is 30.8 Å². The van der Waals surface area contributed by atoms with Gasteiger partial charge in [0.15, 0.2) is 0 Å². The van der Waals surface area contributed by atoms with E-state index in [0.29, 0.717) is 0 Å². The van der Waals surface area contributed by atoms with Crippen molar-refractivity contribution in [2.75, 3.05) is 14.2 Å². The van der Waals surface area contributed by atoms with Gasteiger partial charge in [-0.3, -0.25) is 0 Å². The van der Waals surface area contributed by atoms with Crippen molar-refractivity contribution in [2.24, 2.45) is 0 Å². The summed E-state index contributed by atoms with van der Waals surface area (Å²) in [4.78, 5) is 21.9. The molecule has 2 rings (SSSR count). The molecule has 0 aliphatic rings. The van der Waals surface area contributed by atoms with Crippen molar-refractivity contribution in [3.63, 3.8) is 0 Å². The SMILES string of the molecule is COC(=O)c1ccc(S(=O)(=O)[N-]S(=O)(=O)c2ccc(C(=O)OC)cc2)cc1.[Li+]. The molecule has 0 fully saturated rings. The number of hydrogen-bond acceptors (Lipinski definition) is 8. The average molecular weight is 419 g/mol. The van der Waals surface area contributed by atoms with Crippen LogP contribution in [0.25, 0.3) is 4.13 Å². The third-order valence-electron chi connectivity index (χ3n) is 3.34. The van der Waals surface area contributed by atoms with Gasteiger partial charge in [0.2, 0.25) is 0 Å². The van der Waals surface area contributed by atoms with E-state index >= 15 is 0 Å². The molecular weight excluding hydrogens is 405 g/mol. The Labute approximate surface area is 174 Å². The molecule has 0 atom stereocenters. The fraction of sp³-hybridized carbons (Fsp3) is 0.125. The Bertz CT molecular complexity index is 975. The molecule has 0 N–H and O–H groups in total. The first-order valence-corrected chi connectivity index (χ1v) is 10.1. The van der Waals surface area contributed by atoms with Gasteiger partial charge in [0, 0.05) is 9.79 Å². The molecule has 0 saturated heterocycles. The molecular formula is C16H14LiNO8S2. The summed E-state index contributed by atoms with van der Waals surface area (Å²) in [5.74, 6) is -1.34. The molecule has 2 aromatic carbocycles. The van der Waals surface area contributed by atoms with Gasteiger partial charge in [-0.15, -0.1) is 0 Å². The number of benzene rings is 2. The second kappa shape index (κ2) is 9.36. The predicted molar refractivity (Wildman–Crippen MR) is 93.3 cm³/mol. The normalized spacial score (nSPS) is 11.2. The Hall–Kier alpha value is -2.16. The zero-order valence-electron chi connectivity index (χ0n) is 15.1. The quantitative estimate of drug-likeness (QED) is 0.417. The number of sulfonamides is 2. The monoisotopic (exact) mass is 419 g/mol. The Balaban J connectivity index is 0.00000392. The van der Waals surface area contributed by atoms with Crippen molar-refractivity contribution >= 4 is 32.0 Å². The summed E-state index contributed by atoms with van der Waals surface area (Å²) < 4.78 is 61.0. The minimum absolute atomic E-state index is 0. The van der Waals surface area contributed by atoms with Gasteiger partial charge in [0.25, 0.3) is 0 Å². The number of rotatable bonds is 6. The molecule has 0 radical (unpaired) electrons. The number of methoxy groups -OCH3 is 2. The fourth-order valence-electron chi connectivity index (χ4n) is 1.98. The van der Waals surface area contributed by atoms with Gasteiger partial charge in [-0.05, 0) is 48.5 Å². The maximum atomic E-state index is 12.3. The van der Waals surface area contributed by atoms with E-state index in [9.17, 15) is 26.4 Å². The van der Waals surface area contributed by atoms with Crippen LogP contribution in [0.2, 0.25) is 0 Å². The van der Waals surface area contributed by atoms with Gasteiger partial charge in [0.05, 0.1) is 25.3 Å². The van der Waals surface area contributed by atoms with Crippen molar-refractivity contribution in [2.45, 2.75) is 9.79 Å². The van der Waals surface area contributed by atoms with E-state index in [4.69, 9.17) is 0 Å². The number of ether oxygens (including phenoxy) is 2. The van der Waals surface area contributed by atoms with Gasteiger partial charge in [-0.1, -0.05) is 0 Å². The van der Waals surface area contributed by atoms with Crippen LogP contribution in [0.3, 0.4) is 0 Å². The average Bonchev–Trinajstić information content (AvgIpc) is 2.66. The molecule has 0 heterocycles. The van der Waals surface area contributed by atoms with Crippen molar-refractivity contribution in [3.8, 4) is 0 Å². The van der Waals surface area contributed by atoms with E-state index in [1.54, 1.807) is 0 Å². The van der Waals surface area contributed by atoms with E-state index in [1.165, 1.54) is 38.5 Å². The van der Waals surface area contributed by atoms with Crippen LogP contribution < -0.4 is 18.9 Å². The predicted octanol–water partition coefficient (Wildman–Crippen LogP) is -1.28. The summed E-state index contributed by atoms with van der Waals surface area (Å²) in [7, 11) is -6.77. The van der Waals surface area contributed by atoms with Crippen LogP contribution in [0.5, 0.6) is 0 Å². The molecule has 0 aliphatic heterocycles. The standard InChI is InChI=1S/C16H14NO8S2.Li/c1-24-15(18)11-3-7-13(8-4-11)26(20,21)17-27(22,23)14-9-5-12(6-10-14)16(19)25-2;/h3-10H,1-2H3;/q-1;+1. The molecule has 0 aromatic heterocycles. The third kappa shape index (κ3) is 5.43. The van der Waals surface area contributed by atoms with Crippen molar-refractivity contribution < 1.29 is 54.8 Å². The Kier molecular flexibility index (Phi) is 7.98. The summed E-state index contributed by atoms with van der Waals surface area (Å²) in [5, 5.41) is 0. The van der Waals surface area contributed by atoms with Gasteiger partial charge < -0.3 is 13.6 Å². The van der Waals surface area contributed by atoms with E-state index in [1.807, 2.05) is 0 Å². The number of carbonyl (C=O) groups excluding carboxylic acids is 2. The molecule has 0 amide bonds. The van der Waals surface area contributed by atoms with Gasteiger partial charge in [-0.25, -0.2) is 26.4 Å². The van der Waals surface area contributed by atoms with Crippen molar-refractivity contribution in [1.82, 2.24) is 0 Å². The largest absolute Gasteiger partial charge is 1.00 e. The summed E-state index contributed by atoms with van der Waals surface area (Å²) in [6, 6.07) is 8.86. The van der Waals surface area contributed by atoms with E-state index in [-0.39, 0.29) is 30.0 Å². The molecule has 28 heavy (non-hydrogen) atoms. The third-order valence-corrected chi connectivity index (χ3v) is 6.65. The van der Waals surface area contributed by atoms with E-state index in [0.717, 1.165) is 24.3 Å². The van der Waals surface area contributed by atoms with Crippen LogP contribution in [-0.4, -0.2) is 43.0 Å². The minimum atomic E-state index is -4.55. The first kappa shape index (κ1) is 23.9. The summed E-state index contributed by atoms with van der Waals surface area (Å²) in [5.41, 5.74) is 0.190. The van der Waals surface area contributed by atoms with Gasteiger partial charge in [-0.2, -0.15) is 0 Å². The molecule has 2 aromatic rings. The van der Waals surface area contributed by atoms with Crippen LogP contribution in [0.4, 0.5) is 0 Å². The molecule has 0 aliphatic carbocycles. The fourth-order valence-corrected chi connectivity index (χ4v) is 4.66. The van der Waals surface area contributed by atoms with Gasteiger partial charge in [0.1, 0.15) is 20.0 Å². The molecule has 0 spiro atoms. The summed E-state index contributed by atoms with van der Waals surface area (Å²) in [6.07, 6.45) is 0. The molecule has 0 saturated carbocycles. The maximum Gasteiger partial charge on any atom is 1.00 e. The number of hydrogen-bond donors (Lipinski definition) is 0. The minimum Gasteiger partial charge on any atom is -0.465 e. The van der Waals surface area contributed by atoms with Crippen LogP contribution in [0.15, 0.2) is 58.3 Å². The first-order valence-electron chi connectivity index (χ1n) is 7.22. The maximum absolute atomic E-state index is 12.3. The zero-order valence-corrected chi connectivity index (χ0v) is 16.8. The number of esters is 2. The Morgan fingerprint density at radius 2 is 0.964 bits per heavy atom. The Morgan fingerprint density at radius 3 is 1.21 bits per heavy atom. The van der Waals surface area contributed by atoms with Crippen LogP contribution >= 0.6 is 0 Å². The van der Waals surface area contributed by atoms with Crippen LogP contribution in [0.1, 0.15) is 20.7 Å². The van der Waals surface area contributed by atoms with Crippen LogP contribution in [-0.2, 0) is 29.5 Å². The summed E-state index contributed by atoms with van der Waals surface area (Å²) in [6.45, 7) is 0. The molecule has 0 bridgehead atoms.